The summed E-state index contributed by atoms with van der Waals surface area (Å²) in [5, 5.41) is 11.6. The first-order valence-electron chi connectivity index (χ1n) is 6.55. The van der Waals surface area contributed by atoms with Crippen LogP contribution in [-0.2, 0) is 7.05 Å². The van der Waals surface area contributed by atoms with Crippen LogP contribution in [0.1, 0.15) is 28.7 Å². The van der Waals surface area contributed by atoms with Crippen LogP contribution in [0.15, 0.2) is 6.07 Å². The molecule has 0 aliphatic heterocycles. The van der Waals surface area contributed by atoms with Crippen LogP contribution < -0.4 is 10.6 Å². The van der Waals surface area contributed by atoms with E-state index in [2.05, 4.69) is 22.7 Å². The number of thiophene rings is 1. The third-order valence-corrected chi connectivity index (χ3v) is 4.13. The Labute approximate surface area is 117 Å². The zero-order valence-corrected chi connectivity index (χ0v) is 12.4. The van der Waals surface area contributed by atoms with Crippen molar-refractivity contribution in [3.05, 3.63) is 16.6 Å². The predicted octanol–water partition coefficient (Wildman–Crippen LogP) is 1.67. The van der Waals surface area contributed by atoms with Crippen molar-refractivity contribution >= 4 is 27.5 Å². The van der Waals surface area contributed by atoms with Crippen molar-refractivity contribution in [1.82, 2.24) is 20.4 Å². The normalized spacial score (nSPS) is 11.1. The molecule has 0 saturated heterocycles. The molecule has 0 fully saturated rings. The Morgan fingerprint density at radius 1 is 1.42 bits per heavy atom. The fourth-order valence-electron chi connectivity index (χ4n) is 1.97. The standard InChI is InChI=1S/C13H20N4OS/c1-4-5-14-6-7-15-12(18)11-8-10-9(2)16-17(3)13(10)19-11/h8,14H,4-7H2,1-3H3,(H,15,18). The summed E-state index contributed by atoms with van der Waals surface area (Å²) in [6, 6.07) is 1.93. The number of amides is 1. The highest BCUT2D eigenvalue weighted by molar-refractivity contribution is 7.20. The van der Waals surface area contributed by atoms with Gasteiger partial charge in [-0.1, -0.05) is 6.92 Å². The summed E-state index contributed by atoms with van der Waals surface area (Å²) in [6.45, 7) is 6.55. The lowest BCUT2D eigenvalue weighted by Gasteiger charge is -2.04. The molecule has 5 nitrogen and oxygen atoms in total. The molecular weight excluding hydrogens is 260 g/mol. The Morgan fingerprint density at radius 3 is 2.89 bits per heavy atom. The third-order valence-electron chi connectivity index (χ3n) is 2.93. The second kappa shape index (κ2) is 6.16. The van der Waals surface area contributed by atoms with Crippen molar-refractivity contribution in [3.63, 3.8) is 0 Å². The molecule has 0 radical (unpaired) electrons. The van der Waals surface area contributed by atoms with Crippen LogP contribution in [0.2, 0.25) is 0 Å². The molecule has 0 atom stereocenters. The maximum Gasteiger partial charge on any atom is 0.261 e. The van der Waals surface area contributed by atoms with E-state index in [1.54, 1.807) is 0 Å². The number of carbonyl (C=O) groups excluding carboxylic acids is 1. The number of hydrogen-bond donors (Lipinski definition) is 2. The molecule has 0 aliphatic carbocycles. The van der Waals surface area contributed by atoms with Gasteiger partial charge in [-0.25, -0.2) is 0 Å². The number of nitrogens with zero attached hydrogens (tertiary/aromatic N) is 2. The van der Waals surface area contributed by atoms with Gasteiger partial charge < -0.3 is 10.6 Å². The Balaban J connectivity index is 1.96. The molecule has 2 heterocycles. The highest BCUT2D eigenvalue weighted by Crippen LogP contribution is 2.27. The smallest absolute Gasteiger partial charge is 0.261 e. The van der Waals surface area contributed by atoms with E-state index in [1.807, 2.05) is 24.7 Å². The van der Waals surface area contributed by atoms with Gasteiger partial charge >= 0.3 is 0 Å². The minimum atomic E-state index is -0.00102. The maximum absolute atomic E-state index is 12.0. The van der Waals surface area contributed by atoms with E-state index in [1.165, 1.54) is 11.3 Å². The van der Waals surface area contributed by atoms with Crippen molar-refractivity contribution in [1.29, 1.82) is 0 Å². The molecule has 2 N–H and O–H groups in total. The van der Waals surface area contributed by atoms with E-state index in [-0.39, 0.29) is 5.91 Å². The highest BCUT2D eigenvalue weighted by atomic mass is 32.1. The van der Waals surface area contributed by atoms with Crippen molar-refractivity contribution in [2.75, 3.05) is 19.6 Å². The summed E-state index contributed by atoms with van der Waals surface area (Å²) >= 11 is 1.49. The maximum atomic E-state index is 12.0. The molecular formula is C13H20N4OS. The zero-order chi connectivity index (χ0) is 13.8. The summed E-state index contributed by atoms with van der Waals surface area (Å²) in [5.41, 5.74) is 0.970. The van der Waals surface area contributed by atoms with Gasteiger partial charge in [0, 0.05) is 25.5 Å². The lowest BCUT2D eigenvalue weighted by molar-refractivity contribution is 0.0958. The van der Waals surface area contributed by atoms with Crippen LogP contribution in [0.4, 0.5) is 0 Å². The molecule has 2 aromatic heterocycles. The van der Waals surface area contributed by atoms with Gasteiger partial charge in [0.25, 0.3) is 5.91 Å². The largest absolute Gasteiger partial charge is 0.350 e. The fraction of sp³-hybridized carbons (Fsp3) is 0.538. The van der Waals surface area contributed by atoms with Crippen LogP contribution in [0.3, 0.4) is 0 Å². The summed E-state index contributed by atoms with van der Waals surface area (Å²) in [4.78, 5) is 13.8. The van der Waals surface area contributed by atoms with E-state index in [0.717, 1.165) is 40.3 Å². The van der Waals surface area contributed by atoms with Crippen LogP contribution >= 0.6 is 11.3 Å². The molecule has 19 heavy (non-hydrogen) atoms. The summed E-state index contributed by atoms with van der Waals surface area (Å²) in [6.07, 6.45) is 1.11. The SMILES string of the molecule is CCCNCCNC(=O)c1cc2c(C)nn(C)c2s1. The molecule has 2 rings (SSSR count). The Morgan fingerprint density at radius 2 is 2.21 bits per heavy atom. The minimum Gasteiger partial charge on any atom is -0.350 e. The van der Waals surface area contributed by atoms with Gasteiger partial charge in [0.2, 0.25) is 0 Å². The Bertz CT molecular complexity index is 538. The number of fused-ring (bicyclic) bond motifs is 1. The van der Waals surface area contributed by atoms with Gasteiger partial charge in [0.15, 0.2) is 0 Å². The van der Waals surface area contributed by atoms with Crippen LogP contribution in [0, 0.1) is 6.92 Å². The number of hydrogen-bond acceptors (Lipinski definition) is 4. The second-order valence-corrected chi connectivity index (χ2v) is 5.58. The molecule has 0 unspecified atom stereocenters. The van der Waals surface area contributed by atoms with Gasteiger partial charge in [-0.2, -0.15) is 5.10 Å². The summed E-state index contributed by atoms with van der Waals surface area (Å²) in [7, 11) is 1.90. The van der Waals surface area contributed by atoms with Gasteiger partial charge in [-0.15, -0.1) is 11.3 Å². The fourth-order valence-corrected chi connectivity index (χ4v) is 3.01. The van der Waals surface area contributed by atoms with Gasteiger partial charge in [0.1, 0.15) is 4.83 Å². The lowest BCUT2D eigenvalue weighted by atomic mass is 10.3. The monoisotopic (exact) mass is 280 g/mol. The van der Waals surface area contributed by atoms with Gasteiger partial charge in [0.05, 0.1) is 10.6 Å². The molecule has 0 saturated carbocycles. The van der Waals surface area contributed by atoms with Crippen molar-refractivity contribution in [3.8, 4) is 0 Å². The van der Waals surface area contributed by atoms with Crippen LogP contribution in [0.5, 0.6) is 0 Å². The molecule has 0 aliphatic rings. The first kappa shape index (κ1) is 14.0. The number of nitrogens with one attached hydrogen (secondary N) is 2. The van der Waals surface area contributed by atoms with Crippen molar-refractivity contribution in [2.24, 2.45) is 7.05 Å². The molecule has 6 heteroatoms. The second-order valence-electron chi connectivity index (χ2n) is 4.54. The average molecular weight is 280 g/mol. The number of rotatable bonds is 6. The molecule has 0 bridgehead atoms. The molecule has 0 aromatic carbocycles. The molecule has 104 valence electrons. The summed E-state index contributed by atoms with van der Waals surface area (Å²) < 4.78 is 1.83. The van der Waals surface area contributed by atoms with Crippen molar-refractivity contribution in [2.45, 2.75) is 20.3 Å². The van der Waals surface area contributed by atoms with Crippen molar-refractivity contribution < 1.29 is 4.79 Å². The summed E-state index contributed by atoms with van der Waals surface area (Å²) in [5.74, 6) is -0.00102. The molecule has 0 spiro atoms. The van der Waals surface area contributed by atoms with E-state index >= 15 is 0 Å². The first-order chi connectivity index (χ1) is 9.13. The third kappa shape index (κ3) is 3.13. The van der Waals surface area contributed by atoms with E-state index in [4.69, 9.17) is 0 Å². The Kier molecular flexibility index (Phi) is 4.55. The highest BCUT2D eigenvalue weighted by Gasteiger charge is 2.14. The topological polar surface area (TPSA) is 58.9 Å². The first-order valence-corrected chi connectivity index (χ1v) is 7.37. The lowest BCUT2D eigenvalue weighted by Crippen LogP contribution is -2.31. The van der Waals surface area contributed by atoms with Gasteiger partial charge in [-0.05, 0) is 26.0 Å². The van der Waals surface area contributed by atoms with Crippen LogP contribution in [-0.4, -0.2) is 35.3 Å². The van der Waals surface area contributed by atoms with Gasteiger partial charge in [-0.3, -0.25) is 9.48 Å². The predicted molar refractivity (Wildman–Crippen MR) is 78.8 cm³/mol. The number of aromatic nitrogens is 2. The molecule has 2 aromatic rings. The number of aryl methyl sites for hydroxylation is 2. The average Bonchev–Trinajstić information content (AvgIpc) is 2.92. The zero-order valence-electron chi connectivity index (χ0n) is 11.6. The van der Waals surface area contributed by atoms with E-state index in [9.17, 15) is 4.79 Å². The van der Waals surface area contributed by atoms with E-state index < -0.39 is 0 Å². The molecule has 1 amide bonds. The quantitative estimate of drug-likeness (QED) is 0.791. The Hall–Kier alpha value is -1.40. The minimum absolute atomic E-state index is 0.00102. The van der Waals surface area contributed by atoms with Crippen LogP contribution in [0.25, 0.3) is 10.2 Å². The van der Waals surface area contributed by atoms with E-state index in [0.29, 0.717) is 6.54 Å². The number of carbonyl (C=O) groups is 1.